The smallest absolute Gasteiger partial charge is 0.236 e. The predicted octanol–water partition coefficient (Wildman–Crippen LogP) is -0.540. The zero-order chi connectivity index (χ0) is 8.27. The van der Waals surface area contributed by atoms with Crippen molar-refractivity contribution in [1.82, 2.24) is 4.90 Å². The summed E-state index contributed by atoms with van der Waals surface area (Å²) < 4.78 is 0. The number of hydrogen-bond donors (Lipinski definition) is 1. The second-order valence-corrected chi connectivity index (χ2v) is 2.72. The van der Waals surface area contributed by atoms with Gasteiger partial charge in [-0.25, -0.2) is 0 Å². The molecule has 0 aliphatic carbocycles. The maximum Gasteiger partial charge on any atom is 0.236 e. The van der Waals surface area contributed by atoms with Crippen LogP contribution in [0, 0.1) is 11.3 Å². The van der Waals surface area contributed by atoms with Crippen molar-refractivity contribution in [2.75, 3.05) is 13.1 Å². The van der Waals surface area contributed by atoms with Crippen LogP contribution in [0.5, 0.6) is 0 Å². The van der Waals surface area contributed by atoms with Crippen molar-refractivity contribution < 1.29 is 4.79 Å². The van der Waals surface area contributed by atoms with Gasteiger partial charge in [0, 0.05) is 19.1 Å². The third-order valence-electron chi connectivity index (χ3n) is 1.81. The van der Waals surface area contributed by atoms with E-state index >= 15 is 0 Å². The van der Waals surface area contributed by atoms with Crippen LogP contribution in [-0.2, 0) is 4.79 Å². The van der Waals surface area contributed by atoms with Crippen LogP contribution >= 0.6 is 0 Å². The van der Waals surface area contributed by atoms with Gasteiger partial charge in [-0.05, 0) is 6.42 Å². The molecule has 0 aromatic heterocycles. The quantitative estimate of drug-likeness (QED) is 0.550. The van der Waals surface area contributed by atoms with Gasteiger partial charge >= 0.3 is 0 Å². The first-order chi connectivity index (χ1) is 5.24. The van der Waals surface area contributed by atoms with Crippen molar-refractivity contribution in [1.29, 1.82) is 5.26 Å². The van der Waals surface area contributed by atoms with Crippen LogP contribution in [0.1, 0.15) is 12.8 Å². The van der Waals surface area contributed by atoms with Crippen molar-refractivity contribution in [3.05, 3.63) is 0 Å². The molecule has 0 aromatic carbocycles. The molecule has 4 nitrogen and oxygen atoms in total. The summed E-state index contributed by atoms with van der Waals surface area (Å²) in [5.41, 5.74) is 5.58. The number of amides is 1. The molecule has 0 saturated carbocycles. The number of nitriles is 1. The minimum absolute atomic E-state index is 0.0211. The Kier molecular flexibility index (Phi) is 2.44. The van der Waals surface area contributed by atoms with E-state index in [2.05, 4.69) is 0 Å². The molecule has 1 saturated heterocycles. The molecule has 1 aliphatic rings. The van der Waals surface area contributed by atoms with Gasteiger partial charge in [-0.2, -0.15) is 5.26 Å². The van der Waals surface area contributed by atoms with Gasteiger partial charge in [0.1, 0.15) is 6.42 Å². The number of likely N-dealkylation sites (tertiary alicyclic amines) is 1. The summed E-state index contributed by atoms with van der Waals surface area (Å²) in [7, 11) is 0. The van der Waals surface area contributed by atoms with Crippen LogP contribution < -0.4 is 5.73 Å². The summed E-state index contributed by atoms with van der Waals surface area (Å²) in [4.78, 5) is 12.7. The number of carbonyl (C=O) groups is 1. The first kappa shape index (κ1) is 8.02. The molecule has 0 bridgehead atoms. The average Bonchev–Trinajstić information content (AvgIpc) is 2.36. The van der Waals surface area contributed by atoms with Crippen molar-refractivity contribution in [2.45, 2.75) is 18.9 Å². The molecule has 1 amide bonds. The highest BCUT2D eigenvalue weighted by molar-refractivity contribution is 5.78. The Balaban J connectivity index is 2.38. The first-order valence-electron chi connectivity index (χ1n) is 3.64. The van der Waals surface area contributed by atoms with Crippen LogP contribution in [-0.4, -0.2) is 29.9 Å². The third kappa shape index (κ3) is 1.92. The molecule has 11 heavy (non-hydrogen) atoms. The lowest BCUT2D eigenvalue weighted by Crippen LogP contribution is -2.31. The minimum Gasteiger partial charge on any atom is -0.340 e. The van der Waals surface area contributed by atoms with Gasteiger partial charge in [-0.3, -0.25) is 4.79 Å². The minimum atomic E-state index is -0.0968. The molecule has 1 atom stereocenters. The van der Waals surface area contributed by atoms with Gasteiger partial charge in [0.05, 0.1) is 6.07 Å². The van der Waals surface area contributed by atoms with Crippen LogP contribution in [0.15, 0.2) is 0 Å². The third-order valence-corrected chi connectivity index (χ3v) is 1.81. The van der Waals surface area contributed by atoms with Crippen molar-refractivity contribution >= 4 is 5.91 Å². The van der Waals surface area contributed by atoms with E-state index in [0.29, 0.717) is 13.1 Å². The molecule has 60 valence electrons. The molecule has 1 heterocycles. The van der Waals surface area contributed by atoms with Gasteiger partial charge in [-0.15, -0.1) is 0 Å². The Hall–Kier alpha value is -1.08. The maximum atomic E-state index is 11.0. The lowest BCUT2D eigenvalue weighted by Gasteiger charge is -2.12. The summed E-state index contributed by atoms with van der Waals surface area (Å²) in [6, 6.07) is 1.94. The van der Waals surface area contributed by atoms with Gasteiger partial charge in [-0.1, -0.05) is 0 Å². The Morgan fingerprint density at radius 2 is 2.55 bits per heavy atom. The fourth-order valence-electron chi connectivity index (χ4n) is 1.19. The molecule has 1 fully saturated rings. The Bertz CT molecular complexity index is 196. The zero-order valence-electron chi connectivity index (χ0n) is 6.29. The van der Waals surface area contributed by atoms with Crippen LogP contribution in [0.3, 0.4) is 0 Å². The monoisotopic (exact) mass is 153 g/mol. The van der Waals surface area contributed by atoms with Gasteiger partial charge in [0.25, 0.3) is 0 Å². The van der Waals surface area contributed by atoms with Crippen LogP contribution in [0.4, 0.5) is 0 Å². The standard InChI is InChI=1S/C7H11N3O/c8-3-1-7(11)10-4-2-6(9)5-10/h6H,1-2,4-5,9H2/t6-/m1/s1. The average molecular weight is 153 g/mol. The Morgan fingerprint density at radius 1 is 1.82 bits per heavy atom. The summed E-state index contributed by atoms with van der Waals surface area (Å²) in [6.45, 7) is 1.32. The zero-order valence-corrected chi connectivity index (χ0v) is 6.29. The second-order valence-electron chi connectivity index (χ2n) is 2.72. The highest BCUT2D eigenvalue weighted by atomic mass is 16.2. The summed E-state index contributed by atoms with van der Waals surface area (Å²) in [5, 5.41) is 8.23. The van der Waals surface area contributed by atoms with E-state index in [1.807, 2.05) is 6.07 Å². The van der Waals surface area contributed by atoms with Crippen molar-refractivity contribution in [2.24, 2.45) is 5.73 Å². The van der Waals surface area contributed by atoms with Crippen LogP contribution in [0.25, 0.3) is 0 Å². The number of hydrogen-bond acceptors (Lipinski definition) is 3. The second kappa shape index (κ2) is 3.35. The van der Waals surface area contributed by atoms with E-state index in [4.69, 9.17) is 11.0 Å². The number of nitrogens with two attached hydrogens (primary N) is 1. The largest absolute Gasteiger partial charge is 0.340 e. The van der Waals surface area contributed by atoms with Crippen molar-refractivity contribution in [3.63, 3.8) is 0 Å². The first-order valence-corrected chi connectivity index (χ1v) is 3.64. The number of rotatable bonds is 1. The lowest BCUT2D eigenvalue weighted by atomic mass is 10.3. The topological polar surface area (TPSA) is 70.1 Å². The summed E-state index contributed by atoms with van der Waals surface area (Å²) in [5.74, 6) is -0.0968. The molecule has 0 unspecified atom stereocenters. The van der Waals surface area contributed by atoms with Gasteiger partial charge in [0.2, 0.25) is 5.91 Å². The van der Waals surface area contributed by atoms with Gasteiger partial charge < -0.3 is 10.6 Å². The fraction of sp³-hybridized carbons (Fsp3) is 0.714. The van der Waals surface area contributed by atoms with Gasteiger partial charge in [0.15, 0.2) is 0 Å². The van der Waals surface area contributed by atoms with Crippen molar-refractivity contribution in [3.8, 4) is 6.07 Å². The normalized spacial score (nSPS) is 23.3. The maximum absolute atomic E-state index is 11.0. The van der Waals surface area contributed by atoms with E-state index < -0.39 is 0 Å². The summed E-state index contributed by atoms with van der Waals surface area (Å²) >= 11 is 0. The lowest BCUT2D eigenvalue weighted by molar-refractivity contribution is -0.129. The van der Waals surface area contributed by atoms with E-state index in [0.717, 1.165) is 6.42 Å². The Morgan fingerprint density at radius 3 is 3.00 bits per heavy atom. The molecule has 1 rings (SSSR count). The number of nitrogens with zero attached hydrogens (tertiary/aromatic N) is 2. The number of carbonyl (C=O) groups excluding carboxylic acids is 1. The molecule has 0 radical (unpaired) electrons. The van der Waals surface area contributed by atoms with E-state index in [-0.39, 0.29) is 18.4 Å². The predicted molar refractivity (Wildman–Crippen MR) is 39.4 cm³/mol. The molecule has 0 aromatic rings. The fourth-order valence-corrected chi connectivity index (χ4v) is 1.19. The Labute approximate surface area is 65.6 Å². The molecule has 1 aliphatic heterocycles. The molecular formula is C7H11N3O. The molecular weight excluding hydrogens is 142 g/mol. The summed E-state index contributed by atoms with van der Waals surface area (Å²) in [6.07, 6.45) is 0.837. The van der Waals surface area contributed by atoms with Crippen LogP contribution in [0.2, 0.25) is 0 Å². The van der Waals surface area contributed by atoms with E-state index in [1.54, 1.807) is 4.90 Å². The van der Waals surface area contributed by atoms with E-state index in [9.17, 15) is 4.79 Å². The molecule has 2 N–H and O–H groups in total. The SMILES string of the molecule is N#CCC(=O)N1CC[C@@H](N)C1. The molecule has 4 heteroatoms. The molecule has 0 spiro atoms. The highest BCUT2D eigenvalue weighted by Crippen LogP contribution is 2.07. The van der Waals surface area contributed by atoms with E-state index in [1.165, 1.54) is 0 Å². The highest BCUT2D eigenvalue weighted by Gasteiger charge is 2.22.